The van der Waals surface area contributed by atoms with E-state index >= 15 is 0 Å². The molecule has 2 rings (SSSR count). The van der Waals surface area contributed by atoms with Gasteiger partial charge in [-0.15, -0.1) is 0 Å². The minimum absolute atomic E-state index is 0.440. The van der Waals surface area contributed by atoms with Crippen LogP contribution in [-0.2, 0) is 13.5 Å². The summed E-state index contributed by atoms with van der Waals surface area (Å²) in [5.41, 5.74) is 7.52. The number of para-hydroxylation sites is 2. The fourth-order valence-electron chi connectivity index (χ4n) is 1.70. The summed E-state index contributed by atoms with van der Waals surface area (Å²) in [6, 6.07) is 8.08. The summed E-state index contributed by atoms with van der Waals surface area (Å²) in [6.45, 7) is 3.80. The van der Waals surface area contributed by atoms with E-state index in [1.54, 1.807) is 0 Å². The molecule has 88 valence electrons. The number of nitrogens with zero attached hydrogens (tertiary/aromatic N) is 2. The van der Waals surface area contributed by atoms with E-state index in [9.17, 15) is 0 Å². The van der Waals surface area contributed by atoms with Gasteiger partial charge < -0.3 is 10.3 Å². The lowest BCUT2D eigenvalue weighted by atomic mass is 10.1. The Morgan fingerprint density at radius 3 is 2.71 bits per heavy atom. The molecule has 0 spiro atoms. The van der Waals surface area contributed by atoms with Crippen LogP contribution >= 0.6 is 0 Å². The highest BCUT2D eigenvalue weighted by atomic mass is 15.1. The molecule has 0 amide bonds. The van der Waals surface area contributed by atoms with Gasteiger partial charge in [-0.05, 0) is 26.0 Å². The maximum atomic E-state index is 5.81. The van der Waals surface area contributed by atoms with E-state index in [-0.39, 0.29) is 0 Å². The van der Waals surface area contributed by atoms with Gasteiger partial charge in [-0.1, -0.05) is 24.0 Å². The number of imidazole rings is 1. The number of fused-ring (bicyclic) bond motifs is 1. The first-order valence-corrected chi connectivity index (χ1v) is 5.66. The Morgan fingerprint density at radius 1 is 1.35 bits per heavy atom. The quantitative estimate of drug-likeness (QED) is 0.756. The molecule has 0 bridgehead atoms. The SMILES string of the molecule is Cn1c(CC#CC(C)(C)N)nc2ccccc21. The normalized spacial score (nSPS) is 11.3. The van der Waals surface area contributed by atoms with Crippen molar-refractivity contribution in [3.8, 4) is 11.8 Å². The van der Waals surface area contributed by atoms with Crippen molar-refractivity contribution < 1.29 is 0 Å². The highest BCUT2D eigenvalue weighted by molar-refractivity contribution is 5.75. The number of hydrogen-bond donors (Lipinski definition) is 1. The fourth-order valence-corrected chi connectivity index (χ4v) is 1.70. The second-order valence-corrected chi connectivity index (χ2v) is 4.78. The van der Waals surface area contributed by atoms with E-state index in [1.165, 1.54) is 0 Å². The van der Waals surface area contributed by atoms with Crippen molar-refractivity contribution in [2.45, 2.75) is 25.8 Å². The van der Waals surface area contributed by atoms with Gasteiger partial charge in [-0.25, -0.2) is 4.98 Å². The molecule has 0 aliphatic carbocycles. The molecule has 0 radical (unpaired) electrons. The van der Waals surface area contributed by atoms with E-state index in [0.29, 0.717) is 6.42 Å². The summed E-state index contributed by atoms with van der Waals surface area (Å²) in [4.78, 5) is 4.55. The first-order valence-electron chi connectivity index (χ1n) is 5.66. The van der Waals surface area contributed by atoms with Gasteiger partial charge in [0, 0.05) is 7.05 Å². The van der Waals surface area contributed by atoms with Crippen molar-refractivity contribution in [2.24, 2.45) is 12.8 Å². The zero-order chi connectivity index (χ0) is 12.5. The topological polar surface area (TPSA) is 43.8 Å². The molecule has 0 saturated heterocycles. The van der Waals surface area contributed by atoms with Crippen LogP contribution < -0.4 is 5.73 Å². The Bertz CT molecular complexity index is 591. The number of rotatable bonds is 1. The van der Waals surface area contributed by atoms with Crippen LogP contribution in [0, 0.1) is 11.8 Å². The Kier molecular flexibility index (Phi) is 2.91. The van der Waals surface area contributed by atoms with Crippen molar-refractivity contribution in [3.05, 3.63) is 30.1 Å². The number of hydrogen-bond acceptors (Lipinski definition) is 2. The van der Waals surface area contributed by atoms with Crippen LogP contribution in [-0.4, -0.2) is 15.1 Å². The largest absolute Gasteiger partial charge is 0.330 e. The fraction of sp³-hybridized carbons (Fsp3) is 0.357. The van der Waals surface area contributed by atoms with Gasteiger partial charge in [0.15, 0.2) is 0 Å². The first kappa shape index (κ1) is 11.7. The lowest BCUT2D eigenvalue weighted by Crippen LogP contribution is -2.29. The molecular formula is C14H17N3. The van der Waals surface area contributed by atoms with E-state index in [1.807, 2.05) is 39.1 Å². The van der Waals surface area contributed by atoms with Crippen molar-refractivity contribution in [1.29, 1.82) is 0 Å². The summed E-state index contributed by atoms with van der Waals surface area (Å²) < 4.78 is 2.08. The number of benzene rings is 1. The molecule has 3 heteroatoms. The van der Waals surface area contributed by atoms with Gasteiger partial charge in [0.2, 0.25) is 0 Å². The molecule has 3 nitrogen and oxygen atoms in total. The zero-order valence-corrected chi connectivity index (χ0v) is 10.5. The summed E-state index contributed by atoms with van der Waals surface area (Å²) >= 11 is 0. The van der Waals surface area contributed by atoms with Gasteiger partial charge in [0.05, 0.1) is 23.0 Å². The van der Waals surface area contributed by atoms with Crippen molar-refractivity contribution in [3.63, 3.8) is 0 Å². The van der Waals surface area contributed by atoms with E-state index in [2.05, 4.69) is 27.5 Å². The van der Waals surface area contributed by atoms with Crippen molar-refractivity contribution >= 4 is 11.0 Å². The second kappa shape index (κ2) is 4.23. The Hall–Kier alpha value is -1.79. The molecule has 0 aliphatic heterocycles. The summed E-state index contributed by atoms with van der Waals surface area (Å²) in [6.07, 6.45) is 0.631. The zero-order valence-electron chi connectivity index (χ0n) is 10.5. The average Bonchev–Trinajstić information content (AvgIpc) is 2.55. The highest BCUT2D eigenvalue weighted by Crippen LogP contribution is 2.14. The average molecular weight is 227 g/mol. The molecule has 17 heavy (non-hydrogen) atoms. The van der Waals surface area contributed by atoms with Crippen molar-refractivity contribution in [2.75, 3.05) is 0 Å². The molecule has 0 fully saturated rings. The molecule has 0 atom stereocenters. The smallest absolute Gasteiger partial charge is 0.121 e. The molecular weight excluding hydrogens is 210 g/mol. The third-order valence-electron chi connectivity index (χ3n) is 2.54. The molecule has 0 unspecified atom stereocenters. The Labute approximate surface area is 102 Å². The molecule has 1 heterocycles. The molecule has 1 aromatic carbocycles. The highest BCUT2D eigenvalue weighted by Gasteiger charge is 2.06. The lowest BCUT2D eigenvalue weighted by molar-refractivity contribution is 0.679. The lowest BCUT2D eigenvalue weighted by Gasteiger charge is -2.07. The standard InChI is InChI=1S/C14H17N3/c1-14(2,15)10-6-9-13-16-11-7-4-5-8-12(11)17(13)3/h4-5,7-8H,9,15H2,1-3H3. The Morgan fingerprint density at radius 2 is 2.06 bits per heavy atom. The van der Waals surface area contributed by atoms with Crippen LogP contribution in [0.15, 0.2) is 24.3 Å². The van der Waals surface area contributed by atoms with Crippen LogP contribution in [0.25, 0.3) is 11.0 Å². The third-order valence-corrected chi connectivity index (χ3v) is 2.54. The molecule has 2 aromatic rings. The minimum Gasteiger partial charge on any atom is -0.330 e. The van der Waals surface area contributed by atoms with Crippen LogP contribution in [0.4, 0.5) is 0 Å². The van der Waals surface area contributed by atoms with Crippen LogP contribution in [0.3, 0.4) is 0 Å². The maximum absolute atomic E-state index is 5.81. The van der Waals surface area contributed by atoms with Gasteiger partial charge in [-0.3, -0.25) is 0 Å². The predicted molar refractivity (Wildman–Crippen MR) is 70.5 cm³/mol. The van der Waals surface area contributed by atoms with Gasteiger partial charge in [-0.2, -0.15) is 0 Å². The van der Waals surface area contributed by atoms with Gasteiger partial charge in [0.1, 0.15) is 5.82 Å². The van der Waals surface area contributed by atoms with E-state index in [4.69, 9.17) is 5.73 Å². The Balaban J connectivity index is 2.30. The number of aryl methyl sites for hydroxylation is 1. The van der Waals surface area contributed by atoms with E-state index < -0.39 is 5.54 Å². The molecule has 2 N–H and O–H groups in total. The maximum Gasteiger partial charge on any atom is 0.121 e. The third kappa shape index (κ3) is 2.66. The van der Waals surface area contributed by atoms with Crippen LogP contribution in [0.1, 0.15) is 19.7 Å². The van der Waals surface area contributed by atoms with Crippen LogP contribution in [0.5, 0.6) is 0 Å². The molecule has 1 aromatic heterocycles. The predicted octanol–water partition coefficient (Wildman–Crippen LogP) is 1.86. The summed E-state index contributed by atoms with van der Waals surface area (Å²) in [5.74, 6) is 7.08. The van der Waals surface area contributed by atoms with E-state index in [0.717, 1.165) is 16.9 Å². The summed E-state index contributed by atoms with van der Waals surface area (Å²) in [7, 11) is 2.01. The second-order valence-electron chi connectivity index (χ2n) is 4.78. The number of aromatic nitrogens is 2. The summed E-state index contributed by atoms with van der Waals surface area (Å²) in [5, 5.41) is 0. The molecule has 0 saturated carbocycles. The van der Waals surface area contributed by atoms with Gasteiger partial charge in [0.25, 0.3) is 0 Å². The first-order chi connectivity index (χ1) is 7.97. The molecule has 0 aliphatic rings. The minimum atomic E-state index is -0.440. The number of nitrogens with two attached hydrogens (primary N) is 1. The monoisotopic (exact) mass is 227 g/mol. The van der Waals surface area contributed by atoms with Crippen LogP contribution in [0.2, 0.25) is 0 Å². The van der Waals surface area contributed by atoms with Gasteiger partial charge >= 0.3 is 0 Å². The van der Waals surface area contributed by atoms with Crippen molar-refractivity contribution in [1.82, 2.24) is 9.55 Å².